The van der Waals surface area contributed by atoms with Crippen LogP contribution in [0.4, 0.5) is 5.69 Å². The molecule has 1 saturated carbocycles. The molecule has 0 spiro atoms. The Morgan fingerprint density at radius 1 is 1.12 bits per heavy atom. The molecule has 0 aromatic heterocycles. The summed E-state index contributed by atoms with van der Waals surface area (Å²) in [6, 6.07) is 12.3. The number of carbonyl (C=O) groups is 1. The van der Waals surface area contributed by atoms with Crippen LogP contribution in [0.5, 0.6) is 0 Å². The van der Waals surface area contributed by atoms with Gasteiger partial charge < -0.3 is 5.32 Å². The first kappa shape index (κ1) is 17.1. The van der Waals surface area contributed by atoms with E-state index in [1.165, 1.54) is 4.31 Å². The molecule has 1 heterocycles. The number of carbonyl (C=O) groups excluding carboxylic acids is 1. The van der Waals surface area contributed by atoms with Crippen LogP contribution in [0.25, 0.3) is 0 Å². The normalized spacial score (nSPS) is 19.3. The summed E-state index contributed by atoms with van der Waals surface area (Å²) in [5.41, 5.74) is 3.18. The summed E-state index contributed by atoms with van der Waals surface area (Å²) >= 11 is 0. The predicted octanol–water partition coefficient (Wildman–Crippen LogP) is 3.03. The van der Waals surface area contributed by atoms with Crippen LogP contribution < -0.4 is 9.62 Å². The molecule has 1 atom stereocenters. The fraction of sp³-hybridized carbons (Fsp3) is 0.350. The fourth-order valence-electron chi connectivity index (χ4n) is 3.43. The molecule has 0 bridgehead atoms. The van der Waals surface area contributed by atoms with Gasteiger partial charge in [-0.25, -0.2) is 8.42 Å². The fourth-order valence-corrected chi connectivity index (χ4v) is 5.12. The molecule has 26 heavy (non-hydrogen) atoms. The summed E-state index contributed by atoms with van der Waals surface area (Å²) in [4.78, 5) is 12.6. The molecule has 1 aliphatic heterocycles. The van der Waals surface area contributed by atoms with Gasteiger partial charge in [-0.15, -0.1) is 0 Å². The number of anilines is 1. The quantitative estimate of drug-likeness (QED) is 0.900. The molecule has 0 saturated heterocycles. The number of fused-ring (bicyclic) bond motifs is 1. The zero-order chi connectivity index (χ0) is 18.5. The minimum Gasteiger partial charge on any atom is -0.349 e. The van der Waals surface area contributed by atoms with Crippen molar-refractivity contribution in [2.24, 2.45) is 0 Å². The zero-order valence-electron chi connectivity index (χ0n) is 14.9. The van der Waals surface area contributed by atoms with E-state index in [9.17, 15) is 13.2 Å². The molecule has 1 amide bonds. The van der Waals surface area contributed by atoms with Gasteiger partial charge in [0.05, 0.1) is 10.6 Å². The van der Waals surface area contributed by atoms with Crippen molar-refractivity contribution < 1.29 is 13.2 Å². The van der Waals surface area contributed by atoms with E-state index in [1.807, 2.05) is 19.9 Å². The molecule has 0 radical (unpaired) electrons. The molecule has 1 N–H and O–H groups in total. The number of benzene rings is 2. The van der Waals surface area contributed by atoms with Crippen LogP contribution in [-0.2, 0) is 16.4 Å². The Kier molecular flexibility index (Phi) is 4.03. The third-order valence-electron chi connectivity index (χ3n) is 4.99. The van der Waals surface area contributed by atoms with E-state index >= 15 is 0 Å². The molecule has 2 aromatic carbocycles. The first-order valence-corrected chi connectivity index (χ1v) is 10.3. The molecule has 2 aliphatic rings. The van der Waals surface area contributed by atoms with Gasteiger partial charge in [0, 0.05) is 17.6 Å². The molecule has 0 unspecified atom stereocenters. The smallest absolute Gasteiger partial charge is 0.264 e. The SMILES string of the molecule is Cc1ccc(S(=O)(=O)N2c3ccc(C(=O)NC4CC4)cc3C[C@@H]2C)cc1. The van der Waals surface area contributed by atoms with E-state index in [1.54, 1.807) is 36.4 Å². The van der Waals surface area contributed by atoms with Crippen LogP contribution in [-0.4, -0.2) is 26.4 Å². The second-order valence-corrected chi connectivity index (χ2v) is 9.07. The summed E-state index contributed by atoms with van der Waals surface area (Å²) in [5.74, 6) is -0.0807. The van der Waals surface area contributed by atoms with Crippen molar-refractivity contribution in [1.82, 2.24) is 5.32 Å². The lowest BCUT2D eigenvalue weighted by Gasteiger charge is -2.24. The maximum atomic E-state index is 13.1. The van der Waals surface area contributed by atoms with E-state index in [2.05, 4.69) is 5.32 Å². The lowest BCUT2D eigenvalue weighted by Crippen LogP contribution is -2.35. The van der Waals surface area contributed by atoms with Crippen molar-refractivity contribution in [2.45, 2.75) is 50.1 Å². The zero-order valence-corrected chi connectivity index (χ0v) is 15.7. The minimum atomic E-state index is -3.63. The van der Waals surface area contributed by atoms with Gasteiger partial charge >= 0.3 is 0 Å². The van der Waals surface area contributed by atoms with E-state index in [0.717, 1.165) is 24.0 Å². The van der Waals surface area contributed by atoms with Gasteiger partial charge in [-0.3, -0.25) is 9.10 Å². The van der Waals surface area contributed by atoms with Crippen LogP contribution in [0.3, 0.4) is 0 Å². The number of aryl methyl sites for hydroxylation is 1. The molecule has 1 fully saturated rings. The predicted molar refractivity (Wildman–Crippen MR) is 101 cm³/mol. The van der Waals surface area contributed by atoms with Crippen LogP contribution in [0.2, 0.25) is 0 Å². The summed E-state index contributed by atoms with van der Waals surface area (Å²) in [6.07, 6.45) is 2.68. The molecule has 1 aliphatic carbocycles. The lowest BCUT2D eigenvalue weighted by atomic mass is 10.1. The van der Waals surface area contributed by atoms with Gasteiger partial charge in [0.2, 0.25) is 0 Å². The number of nitrogens with zero attached hydrogens (tertiary/aromatic N) is 1. The van der Waals surface area contributed by atoms with Crippen molar-refractivity contribution in [3.63, 3.8) is 0 Å². The maximum Gasteiger partial charge on any atom is 0.264 e. The summed E-state index contributed by atoms with van der Waals surface area (Å²) in [7, 11) is -3.63. The van der Waals surface area contributed by atoms with Crippen LogP contribution >= 0.6 is 0 Å². The number of rotatable bonds is 4. The Hall–Kier alpha value is -2.34. The van der Waals surface area contributed by atoms with Crippen molar-refractivity contribution in [3.05, 3.63) is 59.2 Å². The number of hydrogen-bond donors (Lipinski definition) is 1. The number of amides is 1. The number of sulfonamides is 1. The Morgan fingerprint density at radius 2 is 1.81 bits per heavy atom. The van der Waals surface area contributed by atoms with Crippen molar-refractivity contribution >= 4 is 21.6 Å². The largest absolute Gasteiger partial charge is 0.349 e. The van der Waals surface area contributed by atoms with E-state index in [-0.39, 0.29) is 11.9 Å². The first-order chi connectivity index (χ1) is 12.4. The van der Waals surface area contributed by atoms with Crippen molar-refractivity contribution in [3.8, 4) is 0 Å². The highest BCUT2D eigenvalue weighted by Gasteiger charge is 2.36. The third kappa shape index (κ3) is 2.98. The van der Waals surface area contributed by atoms with Gasteiger partial charge in [-0.1, -0.05) is 17.7 Å². The van der Waals surface area contributed by atoms with Crippen LogP contribution in [0.1, 0.15) is 41.3 Å². The molecular weight excluding hydrogens is 348 g/mol. The average molecular weight is 370 g/mol. The minimum absolute atomic E-state index is 0.0807. The number of nitrogens with one attached hydrogen (secondary N) is 1. The highest BCUT2D eigenvalue weighted by atomic mass is 32.2. The maximum absolute atomic E-state index is 13.1. The van der Waals surface area contributed by atoms with E-state index in [0.29, 0.717) is 28.6 Å². The molecular formula is C20H22N2O3S. The monoisotopic (exact) mass is 370 g/mol. The van der Waals surface area contributed by atoms with Gasteiger partial charge in [-0.05, 0) is 69.0 Å². The Bertz CT molecular complexity index is 963. The molecule has 6 heteroatoms. The second kappa shape index (κ2) is 6.13. The average Bonchev–Trinajstić information content (AvgIpc) is 3.33. The highest BCUT2D eigenvalue weighted by Crippen LogP contribution is 2.37. The van der Waals surface area contributed by atoms with Gasteiger partial charge in [0.1, 0.15) is 0 Å². The summed E-state index contributed by atoms with van der Waals surface area (Å²) < 4.78 is 27.8. The Labute approximate surface area is 154 Å². The molecule has 4 rings (SSSR count). The van der Waals surface area contributed by atoms with Gasteiger partial charge in [-0.2, -0.15) is 0 Å². The molecule has 2 aromatic rings. The Balaban J connectivity index is 1.67. The Morgan fingerprint density at radius 3 is 2.46 bits per heavy atom. The summed E-state index contributed by atoms with van der Waals surface area (Å²) in [5, 5.41) is 2.97. The van der Waals surface area contributed by atoms with Gasteiger partial charge in [0.25, 0.3) is 15.9 Å². The number of hydrogen-bond acceptors (Lipinski definition) is 3. The highest BCUT2D eigenvalue weighted by molar-refractivity contribution is 7.92. The van der Waals surface area contributed by atoms with E-state index in [4.69, 9.17) is 0 Å². The molecule has 136 valence electrons. The summed E-state index contributed by atoms with van der Waals surface area (Å²) in [6.45, 7) is 3.83. The van der Waals surface area contributed by atoms with Crippen molar-refractivity contribution in [2.75, 3.05) is 4.31 Å². The third-order valence-corrected chi connectivity index (χ3v) is 6.93. The van der Waals surface area contributed by atoms with E-state index < -0.39 is 10.0 Å². The van der Waals surface area contributed by atoms with Gasteiger partial charge in [0.15, 0.2) is 0 Å². The first-order valence-electron chi connectivity index (χ1n) is 8.91. The van der Waals surface area contributed by atoms with Crippen LogP contribution in [0, 0.1) is 6.92 Å². The molecule has 5 nitrogen and oxygen atoms in total. The lowest BCUT2D eigenvalue weighted by molar-refractivity contribution is 0.0951. The standard InChI is InChI=1S/C20H22N2O3S/c1-13-3-8-18(9-4-13)26(24,25)22-14(2)11-16-12-15(5-10-19(16)22)20(23)21-17-6-7-17/h3-5,8-10,12,14,17H,6-7,11H2,1-2H3,(H,21,23)/t14-/m0/s1. The van der Waals surface area contributed by atoms with Crippen LogP contribution in [0.15, 0.2) is 47.4 Å². The topological polar surface area (TPSA) is 66.5 Å². The second-order valence-electron chi connectivity index (χ2n) is 7.26. The van der Waals surface area contributed by atoms with Crippen molar-refractivity contribution in [1.29, 1.82) is 0 Å².